The first-order valence-electron chi connectivity index (χ1n) is 5.97. The molecule has 20 heavy (non-hydrogen) atoms. The van der Waals surface area contributed by atoms with Crippen molar-refractivity contribution in [2.24, 2.45) is 5.73 Å². The fourth-order valence-corrected chi connectivity index (χ4v) is 2.26. The molecule has 0 saturated heterocycles. The molecule has 0 bridgehead atoms. The van der Waals surface area contributed by atoms with Gasteiger partial charge in [-0.1, -0.05) is 6.07 Å². The van der Waals surface area contributed by atoms with Crippen molar-refractivity contribution in [2.75, 3.05) is 0 Å². The first-order valence-corrected chi connectivity index (χ1v) is 6.77. The maximum absolute atomic E-state index is 14.2. The van der Waals surface area contributed by atoms with Crippen LogP contribution in [0.2, 0.25) is 0 Å². The van der Waals surface area contributed by atoms with Gasteiger partial charge in [0.15, 0.2) is 11.6 Å². The van der Waals surface area contributed by atoms with Crippen molar-refractivity contribution < 1.29 is 9.13 Å². The maximum atomic E-state index is 14.2. The number of nitrogen functional groups attached to an aromatic ring is 1. The topological polar surface area (TPSA) is 59.1 Å². The van der Waals surface area contributed by atoms with Gasteiger partial charge in [0, 0.05) is 5.56 Å². The second kappa shape index (κ2) is 5.63. The van der Waals surface area contributed by atoms with Crippen LogP contribution in [0.5, 0.6) is 11.5 Å². The number of nitrogens with two attached hydrogens (primary N) is 1. The molecule has 2 aromatic rings. The fraction of sp³-hybridized carbons (Fsp3) is 0.133. The second-order valence-electron chi connectivity index (χ2n) is 4.50. The first kappa shape index (κ1) is 14.5. The fourth-order valence-electron chi connectivity index (χ4n) is 1.72. The molecule has 0 atom stereocenters. The van der Waals surface area contributed by atoms with E-state index in [1.54, 1.807) is 12.1 Å². The number of ether oxygens (including phenoxy) is 1. The van der Waals surface area contributed by atoms with Crippen molar-refractivity contribution in [2.45, 2.75) is 13.8 Å². The van der Waals surface area contributed by atoms with Gasteiger partial charge in [0.1, 0.15) is 11.6 Å². The standard InChI is InChI=1S/C15H14BrFN2O/c1-8-3-4-10(7-9(8)2)20-12-6-5-11(15(18)19)13(16)14(12)17/h3-7H,1-2H3,(H3,18,19). The number of rotatable bonds is 3. The van der Waals surface area contributed by atoms with Crippen LogP contribution in [0.3, 0.4) is 0 Å². The van der Waals surface area contributed by atoms with Gasteiger partial charge in [-0.15, -0.1) is 0 Å². The van der Waals surface area contributed by atoms with Crippen LogP contribution in [0.4, 0.5) is 4.39 Å². The number of nitrogens with one attached hydrogen (secondary N) is 1. The summed E-state index contributed by atoms with van der Waals surface area (Å²) in [7, 11) is 0. The van der Waals surface area contributed by atoms with Crippen molar-refractivity contribution in [3.05, 3.63) is 57.3 Å². The largest absolute Gasteiger partial charge is 0.454 e. The highest BCUT2D eigenvalue weighted by Crippen LogP contribution is 2.32. The summed E-state index contributed by atoms with van der Waals surface area (Å²) in [5, 5.41) is 7.36. The van der Waals surface area contributed by atoms with Gasteiger partial charge in [0.05, 0.1) is 4.47 Å². The number of hydrogen-bond acceptors (Lipinski definition) is 2. The summed E-state index contributed by atoms with van der Waals surface area (Å²) in [6.45, 7) is 3.96. The zero-order valence-corrected chi connectivity index (χ0v) is 12.7. The molecule has 0 amide bonds. The average molecular weight is 337 g/mol. The van der Waals surface area contributed by atoms with Crippen molar-refractivity contribution in [3.8, 4) is 11.5 Å². The van der Waals surface area contributed by atoms with Gasteiger partial charge in [0.2, 0.25) is 0 Å². The Balaban J connectivity index is 2.37. The molecule has 0 spiro atoms. The molecule has 0 aliphatic heterocycles. The Morgan fingerprint density at radius 3 is 2.50 bits per heavy atom. The average Bonchev–Trinajstić information content (AvgIpc) is 2.39. The van der Waals surface area contributed by atoms with Gasteiger partial charge in [-0.05, 0) is 65.2 Å². The molecule has 2 aromatic carbocycles. The Bertz CT molecular complexity index is 686. The zero-order valence-electron chi connectivity index (χ0n) is 11.1. The summed E-state index contributed by atoms with van der Waals surface area (Å²) in [5.41, 5.74) is 7.89. The molecule has 104 valence electrons. The molecule has 2 rings (SSSR count). The third-order valence-electron chi connectivity index (χ3n) is 3.04. The number of halogens is 2. The normalized spacial score (nSPS) is 10.4. The van der Waals surface area contributed by atoms with E-state index in [1.165, 1.54) is 6.07 Å². The maximum Gasteiger partial charge on any atom is 0.180 e. The third-order valence-corrected chi connectivity index (χ3v) is 3.82. The number of hydrogen-bond donors (Lipinski definition) is 2. The molecule has 0 aromatic heterocycles. The van der Waals surface area contributed by atoms with E-state index >= 15 is 0 Å². The second-order valence-corrected chi connectivity index (χ2v) is 5.29. The number of benzene rings is 2. The van der Waals surface area contributed by atoms with E-state index in [4.69, 9.17) is 15.9 Å². The minimum Gasteiger partial charge on any atom is -0.454 e. The molecule has 0 unspecified atom stereocenters. The van der Waals surface area contributed by atoms with Crippen molar-refractivity contribution in [3.63, 3.8) is 0 Å². The molecule has 0 fully saturated rings. The highest BCUT2D eigenvalue weighted by Gasteiger charge is 2.14. The van der Waals surface area contributed by atoms with Crippen LogP contribution in [0.15, 0.2) is 34.8 Å². The number of aryl methyl sites for hydroxylation is 2. The lowest BCUT2D eigenvalue weighted by molar-refractivity contribution is 0.440. The molecule has 3 N–H and O–H groups in total. The first-order chi connectivity index (χ1) is 9.40. The van der Waals surface area contributed by atoms with Gasteiger partial charge in [-0.3, -0.25) is 5.41 Å². The Morgan fingerprint density at radius 1 is 1.20 bits per heavy atom. The summed E-state index contributed by atoms with van der Waals surface area (Å²) in [4.78, 5) is 0. The van der Waals surface area contributed by atoms with Crippen molar-refractivity contribution in [1.29, 1.82) is 5.41 Å². The quantitative estimate of drug-likeness (QED) is 0.649. The smallest absolute Gasteiger partial charge is 0.180 e. The van der Waals surface area contributed by atoms with Crippen LogP contribution in [-0.4, -0.2) is 5.84 Å². The van der Waals surface area contributed by atoms with Crippen LogP contribution in [0.25, 0.3) is 0 Å². The van der Waals surface area contributed by atoms with Crippen molar-refractivity contribution >= 4 is 21.8 Å². The van der Waals surface area contributed by atoms with E-state index in [-0.39, 0.29) is 16.1 Å². The predicted molar refractivity (Wildman–Crippen MR) is 81.1 cm³/mol. The van der Waals surface area contributed by atoms with E-state index in [2.05, 4.69) is 15.9 Å². The molecule has 3 nitrogen and oxygen atoms in total. The number of amidine groups is 1. The van der Waals surface area contributed by atoms with Gasteiger partial charge < -0.3 is 10.5 Å². The third kappa shape index (κ3) is 2.82. The molecule has 0 saturated carbocycles. The van der Waals surface area contributed by atoms with E-state index in [9.17, 15) is 4.39 Å². The van der Waals surface area contributed by atoms with Gasteiger partial charge in [0.25, 0.3) is 0 Å². The lowest BCUT2D eigenvalue weighted by atomic mass is 10.1. The van der Waals surface area contributed by atoms with Gasteiger partial charge >= 0.3 is 0 Å². The van der Waals surface area contributed by atoms with Crippen LogP contribution < -0.4 is 10.5 Å². The molecule has 0 aliphatic carbocycles. The van der Waals surface area contributed by atoms with Crippen molar-refractivity contribution in [1.82, 2.24) is 0 Å². The summed E-state index contributed by atoms with van der Waals surface area (Å²) in [6.07, 6.45) is 0. The van der Waals surface area contributed by atoms with E-state index in [0.29, 0.717) is 11.3 Å². The lowest BCUT2D eigenvalue weighted by Crippen LogP contribution is -2.12. The Kier molecular flexibility index (Phi) is 4.09. The molecule has 5 heteroatoms. The summed E-state index contributed by atoms with van der Waals surface area (Å²) in [6, 6.07) is 8.57. The molecule has 0 heterocycles. The molecule has 0 radical (unpaired) electrons. The van der Waals surface area contributed by atoms with Gasteiger partial charge in [-0.25, -0.2) is 4.39 Å². The molecular formula is C15H14BrFN2O. The summed E-state index contributed by atoms with van der Waals surface area (Å²) in [5.74, 6) is -0.121. The van der Waals surface area contributed by atoms with Crippen LogP contribution in [0.1, 0.15) is 16.7 Å². The van der Waals surface area contributed by atoms with Gasteiger partial charge in [-0.2, -0.15) is 0 Å². The molecule has 0 aliphatic rings. The summed E-state index contributed by atoms with van der Waals surface area (Å²) >= 11 is 3.10. The Labute approximate surface area is 125 Å². The van der Waals surface area contributed by atoms with E-state index in [1.807, 2.05) is 26.0 Å². The zero-order chi connectivity index (χ0) is 14.9. The highest BCUT2D eigenvalue weighted by atomic mass is 79.9. The predicted octanol–water partition coefficient (Wildman–Crippen LogP) is 4.28. The lowest BCUT2D eigenvalue weighted by Gasteiger charge is -2.11. The monoisotopic (exact) mass is 336 g/mol. The van der Waals surface area contributed by atoms with Crippen LogP contribution >= 0.6 is 15.9 Å². The minimum absolute atomic E-state index is 0.0881. The van der Waals surface area contributed by atoms with Crippen LogP contribution in [-0.2, 0) is 0 Å². The SMILES string of the molecule is Cc1ccc(Oc2ccc(C(=N)N)c(Br)c2F)cc1C. The Morgan fingerprint density at radius 2 is 1.90 bits per heavy atom. The van der Waals surface area contributed by atoms with E-state index in [0.717, 1.165) is 11.1 Å². The molecular weight excluding hydrogens is 323 g/mol. The minimum atomic E-state index is -0.573. The van der Waals surface area contributed by atoms with E-state index < -0.39 is 5.82 Å². The Hall–Kier alpha value is -1.88. The van der Waals surface area contributed by atoms with Crippen LogP contribution in [0, 0.1) is 25.1 Å². The highest BCUT2D eigenvalue weighted by molar-refractivity contribution is 9.10. The summed E-state index contributed by atoms with van der Waals surface area (Å²) < 4.78 is 19.8.